The highest BCUT2D eigenvalue weighted by Gasteiger charge is 2.40. The van der Waals surface area contributed by atoms with Crippen molar-refractivity contribution in [3.05, 3.63) is 29.8 Å². The molecule has 0 radical (unpaired) electrons. The van der Waals surface area contributed by atoms with E-state index in [-0.39, 0.29) is 18.5 Å². The highest BCUT2D eigenvalue weighted by Crippen LogP contribution is 2.49. The minimum Gasteiger partial charge on any atom is -0.456 e. The third-order valence-electron chi connectivity index (χ3n) is 4.98. The molecule has 2 fully saturated rings. The second-order valence-electron chi connectivity index (χ2n) is 6.54. The number of amides is 1. The van der Waals surface area contributed by atoms with E-state index in [0.29, 0.717) is 29.5 Å². The largest absolute Gasteiger partial charge is 0.456 e. The van der Waals surface area contributed by atoms with Gasteiger partial charge in [-0.25, -0.2) is 0 Å². The standard InChI is InChI=1S/C18H20N2O3/c19-10-12-2-5-16(6-3-12)20-17(21)11-23-18(22)9-15-8-13-1-4-14(15)7-13/h2-3,5-6,13-15H,1,4,7-9,11H2,(H,20,21)/t13-,14-,15-/m1/s1. The fraction of sp³-hybridized carbons (Fsp3) is 0.500. The lowest BCUT2D eigenvalue weighted by atomic mass is 9.86. The minimum absolute atomic E-state index is 0.264. The number of carbonyl (C=O) groups is 2. The molecule has 1 aromatic carbocycles. The summed E-state index contributed by atoms with van der Waals surface area (Å²) < 4.78 is 5.09. The van der Waals surface area contributed by atoms with Gasteiger partial charge in [-0.3, -0.25) is 9.59 Å². The van der Waals surface area contributed by atoms with E-state index >= 15 is 0 Å². The Kier molecular flexibility index (Phi) is 4.61. The predicted molar refractivity (Wildman–Crippen MR) is 84.3 cm³/mol. The zero-order valence-corrected chi connectivity index (χ0v) is 13.0. The first-order chi connectivity index (χ1) is 11.1. The number of ether oxygens (including phenoxy) is 1. The van der Waals surface area contributed by atoms with Gasteiger partial charge in [0.1, 0.15) is 0 Å². The zero-order valence-electron chi connectivity index (χ0n) is 13.0. The van der Waals surface area contributed by atoms with Gasteiger partial charge in [0.15, 0.2) is 6.61 Å². The lowest BCUT2D eigenvalue weighted by Crippen LogP contribution is -2.23. The van der Waals surface area contributed by atoms with Crippen molar-refractivity contribution >= 4 is 17.6 Å². The van der Waals surface area contributed by atoms with Crippen molar-refractivity contribution in [3.8, 4) is 6.07 Å². The van der Waals surface area contributed by atoms with Gasteiger partial charge in [0.05, 0.1) is 11.6 Å². The molecule has 0 aromatic heterocycles. The number of nitriles is 1. The summed E-state index contributed by atoms with van der Waals surface area (Å²) in [5.74, 6) is 1.29. The lowest BCUT2D eigenvalue weighted by Gasteiger charge is -2.20. The summed E-state index contributed by atoms with van der Waals surface area (Å²) in [6.07, 6.45) is 5.38. The molecular weight excluding hydrogens is 292 g/mol. The van der Waals surface area contributed by atoms with E-state index in [0.717, 1.165) is 12.3 Å². The van der Waals surface area contributed by atoms with Crippen LogP contribution < -0.4 is 5.32 Å². The molecule has 0 aliphatic heterocycles. The normalized spacial score (nSPS) is 24.9. The Labute approximate surface area is 135 Å². The topological polar surface area (TPSA) is 79.2 Å². The van der Waals surface area contributed by atoms with Crippen molar-refractivity contribution in [3.63, 3.8) is 0 Å². The van der Waals surface area contributed by atoms with E-state index in [4.69, 9.17) is 10.00 Å². The molecule has 120 valence electrons. The minimum atomic E-state index is -0.365. The van der Waals surface area contributed by atoms with E-state index < -0.39 is 0 Å². The van der Waals surface area contributed by atoms with Gasteiger partial charge in [-0.1, -0.05) is 6.42 Å². The molecule has 0 heterocycles. The second-order valence-corrected chi connectivity index (χ2v) is 6.54. The van der Waals surface area contributed by atoms with Crippen LogP contribution >= 0.6 is 0 Å². The molecule has 0 saturated heterocycles. The molecule has 3 atom stereocenters. The maximum absolute atomic E-state index is 11.9. The summed E-state index contributed by atoms with van der Waals surface area (Å²) >= 11 is 0. The van der Waals surface area contributed by atoms with Crippen LogP contribution in [0.15, 0.2) is 24.3 Å². The fourth-order valence-corrected chi connectivity index (χ4v) is 3.87. The van der Waals surface area contributed by atoms with Gasteiger partial charge in [-0.05, 0) is 61.3 Å². The summed E-state index contributed by atoms with van der Waals surface area (Å²) in [4.78, 5) is 23.7. The number of rotatable bonds is 5. The van der Waals surface area contributed by atoms with Crippen molar-refractivity contribution in [1.82, 2.24) is 0 Å². The fourth-order valence-electron chi connectivity index (χ4n) is 3.87. The number of nitrogens with zero attached hydrogens (tertiary/aromatic N) is 1. The van der Waals surface area contributed by atoms with Crippen LogP contribution in [-0.4, -0.2) is 18.5 Å². The summed E-state index contributed by atoms with van der Waals surface area (Å²) in [5.41, 5.74) is 1.11. The van der Waals surface area contributed by atoms with Gasteiger partial charge in [0.25, 0.3) is 5.91 Å². The maximum atomic E-state index is 11.9. The molecule has 5 heteroatoms. The van der Waals surface area contributed by atoms with Gasteiger partial charge in [0.2, 0.25) is 0 Å². The van der Waals surface area contributed by atoms with E-state index in [1.807, 2.05) is 6.07 Å². The van der Waals surface area contributed by atoms with E-state index in [2.05, 4.69) is 5.32 Å². The van der Waals surface area contributed by atoms with Crippen molar-refractivity contribution < 1.29 is 14.3 Å². The van der Waals surface area contributed by atoms with Gasteiger partial charge in [0, 0.05) is 12.1 Å². The number of hydrogen-bond donors (Lipinski definition) is 1. The van der Waals surface area contributed by atoms with Crippen molar-refractivity contribution in [2.45, 2.75) is 32.1 Å². The second kappa shape index (κ2) is 6.82. The van der Waals surface area contributed by atoms with Crippen LogP contribution in [0.2, 0.25) is 0 Å². The van der Waals surface area contributed by atoms with Crippen LogP contribution in [-0.2, 0) is 14.3 Å². The molecular formula is C18H20N2O3. The smallest absolute Gasteiger partial charge is 0.306 e. The van der Waals surface area contributed by atoms with Crippen LogP contribution in [0.4, 0.5) is 5.69 Å². The van der Waals surface area contributed by atoms with Crippen LogP contribution in [0.1, 0.15) is 37.7 Å². The summed E-state index contributed by atoms with van der Waals surface area (Å²) in [6, 6.07) is 8.55. The number of benzene rings is 1. The number of hydrogen-bond acceptors (Lipinski definition) is 4. The average Bonchev–Trinajstić information content (AvgIpc) is 3.16. The van der Waals surface area contributed by atoms with E-state index in [9.17, 15) is 9.59 Å². The number of fused-ring (bicyclic) bond motifs is 2. The molecule has 23 heavy (non-hydrogen) atoms. The Hall–Kier alpha value is -2.35. The lowest BCUT2D eigenvalue weighted by molar-refractivity contribution is -0.148. The number of esters is 1. The molecule has 0 spiro atoms. The molecule has 1 amide bonds. The van der Waals surface area contributed by atoms with Gasteiger partial charge < -0.3 is 10.1 Å². The molecule has 2 aliphatic carbocycles. The Bertz CT molecular complexity index is 633. The summed E-state index contributed by atoms with van der Waals surface area (Å²) in [5, 5.41) is 11.4. The van der Waals surface area contributed by atoms with Crippen molar-refractivity contribution in [2.75, 3.05) is 11.9 Å². The molecule has 5 nitrogen and oxygen atoms in total. The predicted octanol–water partition coefficient (Wildman–Crippen LogP) is 2.87. The number of nitrogens with one attached hydrogen (secondary N) is 1. The Morgan fingerprint density at radius 2 is 2.00 bits per heavy atom. The molecule has 1 aromatic rings. The van der Waals surface area contributed by atoms with E-state index in [1.165, 1.54) is 19.3 Å². The quantitative estimate of drug-likeness (QED) is 0.848. The first-order valence-electron chi connectivity index (χ1n) is 8.09. The number of anilines is 1. The zero-order chi connectivity index (χ0) is 16.2. The summed E-state index contributed by atoms with van der Waals surface area (Å²) in [6.45, 7) is -0.264. The Morgan fingerprint density at radius 3 is 2.61 bits per heavy atom. The van der Waals surface area contributed by atoms with Crippen molar-refractivity contribution in [2.24, 2.45) is 17.8 Å². The highest BCUT2D eigenvalue weighted by atomic mass is 16.5. The third kappa shape index (κ3) is 3.89. The average molecular weight is 312 g/mol. The first-order valence-corrected chi connectivity index (χ1v) is 8.09. The highest BCUT2D eigenvalue weighted by molar-refractivity contribution is 5.92. The Balaban J connectivity index is 1.40. The van der Waals surface area contributed by atoms with Crippen LogP contribution in [0.5, 0.6) is 0 Å². The molecule has 0 unspecified atom stereocenters. The molecule has 1 N–H and O–H groups in total. The first kappa shape index (κ1) is 15.5. The van der Waals surface area contributed by atoms with Crippen LogP contribution in [0.3, 0.4) is 0 Å². The SMILES string of the molecule is N#Cc1ccc(NC(=O)COC(=O)C[C@H]2C[C@@H]3CC[C@@H]2C3)cc1. The molecule has 3 rings (SSSR count). The van der Waals surface area contributed by atoms with Crippen LogP contribution in [0, 0.1) is 29.1 Å². The van der Waals surface area contributed by atoms with E-state index in [1.54, 1.807) is 24.3 Å². The van der Waals surface area contributed by atoms with Gasteiger partial charge in [-0.2, -0.15) is 5.26 Å². The monoisotopic (exact) mass is 312 g/mol. The molecule has 2 bridgehead atoms. The summed E-state index contributed by atoms with van der Waals surface area (Å²) in [7, 11) is 0. The number of carbonyl (C=O) groups excluding carboxylic acids is 2. The molecule has 2 saturated carbocycles. The molecule has 2 aliphatic rings. The third-order valence-corrected chi connectivity index (χ3v) is 4.98. The van der Waals surface area contributed by atoms with Gasteiger partial charge >= 0.3 is 5.97 Å². The Morgan fingerprint density at radius 1 is 1.22 bits per heavy atom. The van der Waals surface area contributed by atoms with Gasteiger partial charge in [-0.15, -0.1) is 0 Å². The van der Waals surface area contributed by atoms with Crippen LogP contribution in [0.25, 0.3) is 0 Å². The van der Waals surface area contributed by atoms with Crippen molar-refractivity contribution in [1.29, 1.82) is 5.26 Å². The maximum Gasteiger partial charge on any atom is 0.306 e.